The third kappa shape index (κ3) is 4.28. The van der Waals surface area contributed by atoms with Crippen LogP contribution in [-0.4, -0.2) is 47.2 Å². The number of rotatable bonds is 6. The quantitative estimate of drug-likeness (QED) is 0.570. The fourth-order valence-electron chi connectivity index (χ4n) is 1.96. The van der Waals surface area contributed by atoms with Gasteiger partial charge in [-0.3, -0.25) is 4.79 Å². The molecule has 138 valence electrons. The molecule has 0 aliphatic rings. The van der Waals surface area contributed by atoms with Crippen molar-refractivity contribution in [3.05, 3.63) is 0 Å². The van der Waals surface area contributed by atoms with E-state index in [9.17, 15) is 36.2 Å². The average Bonchev–Trinajstić information content (AvgIpc) is 2.33. The molecule has 0 aromatic rings. The van der Waals surface area contributed by atoms with Crippen molar-refractivity contribution < 1.29 is 41.0 Å². The van der Waals surface area contributed by atoms with Gasteiger partial charge < -0.3 is 15.2 Å². The van der Waals surface area contributed by atoms with Crippen molar-refractivity contribution in [2.24, 2.45) is 5.92 Å². The molecule has 2 atom stereocenters. The Balaban J connectivity index is 5.57. The molecule has 0 aromatic heterocycles. The van der Waals surface area contributed by atoms with E-state index < -0.39 is 41.5 Å². The van der Waals surface area contributed by atoms with Gasteiger partial charge in [0.1, 0.15) is 0 Å². The molecule has 2 unspecified atom stereocenters. The normalized spacial score (nSPS) is 16.9. The minimum atomic E-state index is -6.08. The molecule has 0 rings (SSSR count). The number of ether oxygens (including phenoxy) is 1. The summed E-state index contributed by atoms with van der Waals surface area (Å²) in [5, 5.41) is 12.1. The number of nitrogens with one attached hydrogen (secondary N) is 1. The Bertz CT molecular complexity index is 405. The highest BCUT2D eigenvalue weighted by Crippen LogP contribution is 2.50. The maximum absolute atomic E-state index is 12.9. The molecule has 0 radical (unpaired) electrons. The second-order valence-electron chi connectivity index (χ2n) is 5.77. The van der Waals surface area contributed by atoms with Crippen LogP contribution in [0.5, 0.6) is 0 Å². The lowest BCUT2D eigenvalue weighted by atomic mass is 9.83. The van der Waals surface area contributed by atoms with E-state index >= 15 is 0 Å². The van der Waals surface area contributed by atoms with Crippen LogP contribution in [0.2, 0.25) is 0 Å². The van der Waals surface area contributed by atoms with Crippen molar-refractivity contribution in [3.8, 4) is 0 Å². The molecule has 0 spiro atoms. The van der Waals surface area contributed by atoms with Gasteiger partial charge >= 0.3 is 18.3 Å². The van der Waals surface area contributed by atoms with Crippen molar-refractivity contribution in [2.75, 3.05) is 6.54 Å². The molecule has 0 heterocycles. The summed E-state index contributed by atoms with van der Waals surface area (Å²) >= 11 is 0. The van der Waals surface area contributed by atoms with E-state index in [0.29, 0.717) is 20.4 Å². The summed E-state index contributed by atoms with van der Waals surface area (Å²) in [4.78, 5) is 11.9. The van der Waals surface area contributed by atoms with Crippen LogP contribution in [0.25, 0.3) is 0 Å². The minimum absolute atomic E-state index is 0.372. The topological polar surface area (TPSA) is 58.6 Å². The molecule has 4 nitrogen and oxygen atoms in total. The second kappa shape index (κ2) is 6.84. The standard InChI is InChI=1S/C13H21F6NO3/c1-6-20-8(3)7(2)9(21)23-10(4,5)11(22,12(14,15)16)13(17,18)19/h7-8,20,22H,6H2,1-5H3. The number of halogens is 6. The van der Waals surface area contributed by atoms with Crippen molar-refractivity contribution in [3.63, 3.8) is 0 Å². The predicted octanol–water partition coefficient (Wildman–Crippen LogP) is 2.80. The summed E-state index contributed by atoms with van der Waals surface area (Å²) in [7, 11) is 0. The van der Waals surface area contributed by atoms with Crippen LogP contribution < -0.4 is 5.32 Å². The first-order valence-electron chi connectivity index (χ1n) is 6.85. The van der Waals surface area contributed by atoms with Gasteiger partial charge in [0.25, 0.3) is 5.60 Å². The number of aliphatic hydroxyl groups is 1. The number of esters is 1. The van der Waals surface area contributed by atoms with Crippen LogP contribution in [0, 0.1) is 5.92 Å². The van der Waals surface area contributed by atoms with Gasteiger partial charge in [0.05, 0.1) is 5.92 Å². The van der Waals surface area contributed by atoms with E-state index in [1.807, 2.05) is 0 Å². The largest absolute Gasteiger partial charge is 0.456 e. The lowest BCUT2D eigenvalue weighted by molar-refractivity contribution is -0.407. The molecule has 0 saturated heterocycles. The lowest BCUT2D eigenvalue weighted by Gasteiger charge is -2.43. The van der Waals surface area contributed by atoms with Crippen LogP contribution in [-0.2, 0) is 9.53 Å². The predicted molar refractivity (Wildman–Crippen MR) is 69.5 cm³/mol. The fourth-order valence-corrected chi connectivity index (χ4v) is 1.96. The first kappa shape index (κ1) is 22.0. The van der Waals surface area contributed by atoms with Gasteiger partial charge in [0, 0.05) is 6.04 Å². The Kier molecular flexibility index (Phi) is 6.53. The summed E-state index contributed by atoms with van der Waals surface area (Å²) in [6, 6.07) is -0.534. The van der Waals surface area contributed by atoms with Crippen LogP contribution >= 0.6 is 0 Å². The zero-order valence-electron chi connectivity index (χ0n) is 13.4. The third-order valence-corrected chi connectivity index (χ3v) is 3.70. The van der Waals surface area contributed by atoms with Crippen molar-refractivity contribution in [2.45, 2.75) is 64.2 Å². The molecule has 0 aromatic carbocycles. The molecule has 23 heavy (non-hydrogen) atoms. The maximum Gasteiger partial charge on any atom is 0.430 e. The van der Waals surface area contributed by atoms with E-state index in [-0.39, 0.29) is 0 Å². The van der Waals surface area contributed by atoms with Crippen LogP contribution in [0.1, 0.15) is 34.6 Å². The Morgan fingerprint density at radius 3 is 1.78 bits per heavy atom. The van der Waals surface area contributed by atoms with Gasteiger partial charge in [0.15, 0.2) is 5.60 Å². The van der Waals surface area contributed by atoms with E-state index in [0.717, 1.165) is 0 Å². The monoisotopic (exact) mass is 353 g/mol. The molecule has 0 bridgehead atoms. The number of alkyl halides is 6. The maximum atomic E-state index is 12.9. The molecular formula is C13H21F6NO3. The van der Waals surface area contributed by atoms with Gasteiger partial charge in [-0.1, -0.05) is 13.8 Å². The number of hydrogen-bond acceptors (Lipinski definition) is 4. The molecular weight excluding hydrogens is 332 g/mol. The molecule has 0 aliphatic heterocycles. The molecule has 0 aliphatic carbocycles. The fraction of sp³-hybridized carbons (Fsp3) is 0.923. The Morgan fingerprint density at radius 2 is 1.48 bits per heavy atom. The van der Waals surface area contributed by atoms with Crippen molar-refractivity contribution in [1.29, 1.82) is 0 Å². The highest BCUT2D eigenvalue weighted by Gasteiger charge is 2.78. The smallest absolute Gasteiger partial charge is 0.430 e. The highest BCUT2D eigenvalue weighted by atomic mass is 19.4. The molecule has 0 saturated carbocycles. The molecule has 10 heteroatoms. The second-order valence-corrected chi connectivity index (χ2v) is 5.77. The Morgan fingerprint density at radius 1 is 1.09 bits per heavy atom. The van der Waals surface area contributed by atoms with Crippen molar-refractivity contribution >= 4 is 5.97 Å². The zero-order valence-corrected chi connectivity index (χ0v) is 13.4. The number of carbonyl (C=O) groups is 1. The van der Waals surface area contributed by atoms with Crippen LogP contribution in [0.3, 0.4) is 0 Å². The summed E-state index contributed by atoms with van der Waals surface area (Å²) < 4.78 is 81.5. The van der Waals surface area contributed by atoms with Crippen LogP contribution in [0.15, 0.2) is 0 Å². The summed E-state index contributed by atoms with van der Waals surface area (Å²) in [6.07, 6.45) is -12.2. The molecule has 2 N–H and O–H groups in total. The van der Waals surface area contributed by atoms with Gasteiger partial charge in [-0.15, -0.1) is 0 Å². The lowest BCUT2D eigenvalue weighted by Crippen LogP contribution is -2.70. The third-order valence-electron chi connectivity index (χ3n) is 3.70. The summed E-state index contributed by atoms with van der Waals surface area (Å²) in [5.41, 5.74) is -8.45. The van der Waals surface area contributed by atoms with E-state index in [1.165, 1.54) is 13.8 Å². The van der Waals surface area contributed by atoms with E-state index in [2.05, 4.69) is 10.1 Å². The highest BCUT2D eigenvalue weighted by molar-refractivity contribution is 5.73. The molecule has 0 amide bonds. The SMILES string of the molecule is CCNC(C)C(C)C(=O)OC(C)(C)C(O)(C(F)(F)F)C(F)(F)F. The molecule has 0 fully saturated rings. The van der Waals surface area contributed by atoms with Gasteiger partial charge in [0.2, 0.25) is 0 Å². The van der Waals surface area contributed by atoms with Gasteiger partial charge in [-0.2, -0.15) is 26.3 Å². The average molecular weight is 353 g/mol. The first-order chi connectivity index (χ1) is 10.0. The van der Waals surface area contributed by atoms with E-state index in [4.69, 9.17) is 0 Å². The van der Waals surface area contributed by atoms with Gasteiger partial charge in [-0.25, -0.2) is 0 Å². The number of hydrogen-bond donors (Lipinski definition) is 2. The summed E-state index contributed by atoms with van der Waals surface area (Å²) in [6.45, 7) is 5.73. The van der Waals surface area contributed by atoms with E-state index in [1.54, 1.807) is 6.92 Å². The minimum Gasteiger partial charge on any atom is -0.456 e. The van der Waals surface area contributed by atoms with Crippen molar-refractivity contribution in [1.82, 2.24) is 5.32 Å². The zero-order chi connectivity index (χ0) is 18.9. The first-order valence-corrected chi connectivity index (χ1v) is 6.85. The Labute approximate surface area is 130 Å². The van der Waals surface area contributed by atoms with Crippen LogP contribution in [0.4, 0.5) is 26.3 Å². The summed E-state index contributed by atoms with van der Waals surface area (Å²) in [5.74, 6) is -2.30. The van der Waals surface area contributed by atoms with Gasteiger partial charge in [-0.05, 0) is 27.3 Å². The Hall–Kier alpha value is -1.03. The number of carbonyl (C=O) groups excluding carboxylic acids is 1.